The lowest BCUT2D eigenvalue weighted by molar-refractivity contribution is 0.575. The first kappa shape index (κ1) is 24.2. The van der Waals surface area contributed by atoms with Crippen molar-refractivity contribution < 1.29 is 0 Å². The van der Waals surface area contributed by atoms with Gasteiger partial charge in [-0.3, -0.25) is 0 Å². The highest BCUT2D eigenvalue weighted by atomic mass is 15.0. The first-order chi connectivity index (χ1) is 10.8. The van der Waals surface area contributed by atoms with Crippen LogP contribution in [0.1, 0.15) is 53.9 Å². The van der Waals surface area contributed by atoms with Gasteiger partial charge in [0, 0.05) is 57.9 Å². The minimum Gasteiger partial charge on any atom is -0.387 e. The zero-order valence-corrected chi connectivity index (χ0v) is 14.9. The predicted octanol–water partition coefficient (Wildman–Crippen LogP) is 2.49. The number of allylic oxidation sites excluding steroid dienone is 2. The van der Waals surface area contributed by atoms with Crippen molar-refractivity contribution in [2.45, 2.75) is 53.9 Å². The highest BCUT2D eigenvalue weighted by Crippen LogP contribution is 2.10. The van der Waals surface area contributed by atoms with Gasteiger partial charge in [0.1, 0.15) is 0 Å². The molecule has 0 atom stereocenters. The average Bonchev–Trinajstić information content (AvgIpc) is 2.54. The van der Waals surface area contributed by atoms with Crippen LogP contribution in [0.5, 0.6) is 0 Å². The van der Waals surface area contributed by atoms with Crippen molar-refractivity contribution in [3.8, 4) is 12.3 Å². The fourth-order valence-electron chi connectivity index (χ4n) is 2.11. The molecule has 0 heterocycles. The molecule has 0 aliphatic heterocycles. The molecule has 0 saturated carbocycles. The summed E-state index contributed by atoms with van der Waals surface area (Å²) in [5.41, 5.74) is 2.92. The molecule has 0 aromatic rings. The van der Waals surface area contributed by atoms with Gasteiger partial charge in [-0.15, -0.1) is 12.3 Å². The zero-order valence-electron chi connectivity index (χ0n) is 14.9. The molecule has 0 fully saturated rings. The Kier molecular flexibility index (Phi) is 20.0. The van der Waals surface area contributed by atoms with Gasteiger partial charge in [0.25, 0.3) is 0 Å². The standard InChI is InChI=1S/C18H36N4.CH4/c1-5-8-10-19-11-12-20-13-14-21-15-16-22-18(9-6-2)17(4)7-3;/h1,19-22H,6-16H2,2-4H3;1H4/b18-17+;. The number of terminal acetylenes is 1. The third kappa shape index (κ3) is 15.6. The van der Waals surface area contributed by atoms with E-state index in [2.05, 4.69) is 48.0 Å². The first-order valence-corrected chi connectivity index (χ1v) is 8.74. The third-order valence-electron chi connectivity index (χ3n) is 3.59. The summed E-state index contributed by atoms with van der Waals surface area (Å²) >= 11 is 0. The van der Waals surface area contributed by atoms with Crippen molar-refractivity contribution in [3.05, 3.63) is 11.3 Å². The van der Waals surface area contributed by atoms with E-state index in [9.17, 15) is 0 Å². The van der Waals surface area contributed by atoms with E-state index in [1.807, 2.05) is 0 Å². The van der Waals surface area contributed by atoms with Gasteiger partial charge in [-0.1, -0.05) is 33.3 Å². The van der Waals surface area contributed by atoms with Gasteiger partial charge in [-0.2, -0.15) is 0 Å². The fourth-order valence-corrected chi connectivity index (χ4v) is 2.11. The number of rotatable bonds is 15. The molecule has 4 nitrogen and oxygen atoms in total. The van der Waals surface area contributed by atoms with Crippen LogP contribution in [0.25, 0.3) is 0 Å². The monoisotopic (exact) mass is 324 g/mol. The van der Waals surface area contributed by atoms with Gasteiger partial charge in [0.05, 0.1) is 0 Å². The summed E-state index contributed by atoms with van der Waals surface area (Å²) in [5, 5.41) is 13.7. The summed E-state index contributed by atoms with van der Waals surface area (Å²) < 4.78 is 0. The summed E-state index contributed by atoms with van der Waals surface area (Å²) in [6.45, 7) is 13.6. The van der Waals surface area contributed by atoms with E-state index in [0.717, 1.165) is 65.1 Å². The maximum Gasteiger partial charge on any atom is 0.0269 e. The molecule has 0 amide bonds. The molecule has 23 heavy (non-hydrogen) atoms. The van der Waals surface area contributed by atoms with Gasteiger partial charge in [-0.25, -0.2) is 0 Å². The summed E-state index contributed by atoms with van der Waals surface area (Å²) in [7, 11) is 0. The largest absolute Gasteiger partial charge is 0.387 e. The van der Waals surface area contributed by atoms with Gasteiger partial charge in [-0.05, 0) is 19.8 Å². The minimum absolute atomic E-state index is 0. The van der Waals surface area contributed by atoms with Crippen molar-refractivity contribution >= 4 is 0 Å². The minimum atomic E-state index is 0. The molecular formula is C19H40N4. The van der Waals surface area contributed by atoms with E-state index in [1.165, 1.54) is 17.7 Å². The van der Waals surface area contributed by atoms with Crippen LogP contribution in [0.2, 0.25) is 0 Å². The molecule has 0 aliphatic carbocycles. The second kappa shape index (κ2) is 19.0. The van der Waals surface area contributed by atoms with E-state index in [0.29, 0.717) is 0 Å². The van der Waals surface area contributed by atoms with Gasteiger partial charge >= 0.3 is 0 Å². The molecule has 0 aromatic heterocycles. The maximum absolute atomic E-state index is 5.19. The molecule has 0 aromatic carbocycles. The summed E-state index contributed by atoms with van der Waals surface area (Å²) in [5.74, 6) is 2.62. The Hall–Kier alpha value is -1.02. The quantitative estimate of drug-likeness (QED) is 0.276. The topological polar surface area (TPSA) is 48.1 Å². The van der Waals surface area contributed by atoms with Crippen LogP contribution >= 0.6 is 0 Å². The maximum atomic E-state index is 5.19. The Balaban J connectivity index is 0. The van der Waals surface area contributed by atoms with Gasteiger partial charge < -0.3 is 21.3 Å². The van der Waals surface area contributed by atoms with Crippen LogP contribution in [0.3, 0.4) is 0 Å². The smallest absolute Gasteiger partial charge is 0.0269 e. The molecule has 0 bridgehead atoms. The van der Waals surface area contributed by atoms with Crippen LogP contribution in [-0.4, -0.2) is 45.8 Å². The van der Waals surface area contributed by atoms with Crippen molar-refractivity contribution in [2.75, 3.05) is 45.8 Å². The van der Waals surface area contributed by atoms with Crippen LogP contribution in [0.4, 0.5) is 0 Å². The normalized spacial score (nSPS) is 11.4. The molecule has 136 valence electrons. The Morgan fingerprint density at radius 3 is 1.87 bits per heavy atom. The highest BCUT2D eigenvalue weighted by molar-refractivity contribution is 5.09. The first-order valence-electron chi connectivity index (χ1n) is 8.74. The van der Waals surface area contributed by atoms with Crippen molar-refractivity contribution in [2.24, 2.45) is 0 Å². The molecule has 0 spiro atoms. The molecule has 0 unspecified atom stereocenters. The SMILES string of the molecule is C.C#CCCNCCNCCNCCN/C(CCC)=C(\C)CC. The molecule has 0 saturated heterocycles. The lowest BCUT2D eigenvalue weighted by Gasteiger charge is -2.14. The fraction of sp³-hybridized carbons (Fsp3) is 0.789. The van der Waals surface area contributed by atoms with E-state index in [4.69, 9.17) is 6.42 Å². The average molecular weight is 325 g/mol. The van der Waals surface area contributed by atoms with Crippen molar-refractivity contribution in [3.63, 3.8) is 0 Å². The predicted molar refractivity (Wildman–Crippen MR) is 105 cm³/mol. The van der Waals surface area contributed by atoms with Crippen molar-refractivity contribution in [1.82, 2.24) is 21.3 Å². The lowest BCUT2D eigenvalue weighted by atomic mass is 10.1. The van der Waals surface area contributed by atoms with Crippen LogP contribution in [0.15, 0.2) is 11.3 Å². The number of nitrogens with one attached hydrogen (secondary N) is 4. The van der Waals surface area contributed by atoms with Crippen LogP contribution in [-0.2, 0) is 0 Å². The highest BCUT2D eigenvalue weighted by Gasteiger charge is 1.99. The van der Waals surface area contributed by atoms with Crippen molar-refractivity contribution in [1.29, 1.82) is 0 Å². The van der Waals surface area contributed by atoms with E-state index >= 15 is 0 Å². The Morgan fingerprint density at radius 2 is 1.39 bits per heavy atom. The molecule has 0 aliphatic rings. The molecule has 4 N–H and O–H groups in total. The zero-order chi connectivity index (χ0) is 16.5. The second-order valence-corrected chi connectivity index (χ2v) is 5.49. The van der Waals surface area contributed by atoms with Gasteiger partial charge in [0.15, 0.2) is 0 Å². The summed E-state index contributed by atoms with van der Waals surface area (Å²) in [6, 6.07) is 0. The summed E-state index contributed by atoms with van der Waals surface area (Å²) in [4.78, 5) is 0. The Morgan fingerprint density at radius 1 is 0.870 bits per heavy atom. The van der Waals surface area contributed by atoms with Crippen LogP contribution in [0, 0.1) is 12.3 Å². The molecule has 4 heteroatoms. The summed E-state index contributed by atoms with van der Waals surface area (Å²) in [6.07, 6.45) is 9.49. The van der Waals surface area contributed by atoms with Crippen LogP contribution < -0.4 is 21.3 Å². The van der Waals surface area contributed by atoms with Gasteiger partial charge in [0.2, 0.25) is 0 Å². The number of hydrogen-bond donors (Lipinski definition) is 4. The molecule has 0 rings (SSSR count). The Labute approximate surface area is 145 Å². The van der Waals surface area contributed by atoms with E-state index in [1.54, 1.807) is 0 Å². The van der Waals surface area contributed by atoms with E-state index < -0.39 is 0 Å². The second-order valence-electron chi connectivity index (χ2n) is 5.49. The molecule has 0 radical (unpaired) electrons. The Bertz CT molecular complexity index is 318. The molecular weight excluding hydrogens is 284 g/mol. The third-order valence-corrected chi connectivity index (χ3v) is 3.59. The lowest BCUT2D eigenvalue weighted by Crippen LogP contribution is -2.35. The van der Waals surface area contributed by atoms with E-state index in [-0.39, 0.29) is 7.43 Å². The number of hydrogen-bond acceptors (Lipinski definition) is 4.